The third kappa shape index (κ3) is 2.65. The number of aliphatic carboxylic acids is 1. The molecule has 0 amide bonds. The molecule has 1 unspecified atom stereocenters. The topological polar surface area (TPSA) is 124 Å². The molecule has 18 heavy (non-hydrogen) atoms. The minimum Gasteiger partial charge on any atom is -0.480 e. The van der Waals surface area contributed by atoms with Crippen molar-refractivity contribution in [1.29, 1.82) is 0 Å². The first kappa shape index (κ1) is 14.1. The maximum atomic E-state index is 11.0. The first-order valence-electron chi connectivity index (χ1n) is 5.63. The third-order valence-corrected chi connectivity index (χ3v) is 2.64. The average molecular weight is 256 g/mol. The second kappa shape index (κ2) is 5.58. The van der Waals surface area contributed by atoms with Gasteiger partial charge in [0.15, 0.2) is 0 Å². The first-order valence-corrected chi connectivity index (χ1v) is 5.63. The molecule has 1 rings (SSSR count). The molecule has 8 heteroatoms. The molecular formula is C10H16N4O4. The van der Waals surface area contributed by atoms with Gasteiger partial charge < -0.3 is 10.8 Å². The fourth-order valence-electron chi connectivity index (χ4n) is 1.76. The highest BCUT2D eigenvalue weighted by atomic mass is 16.6. The highest BCUT2D eigenvalue weighted by molar-refractivity contribution is 5.72. The van der Waals surface area contributed by atoms with E-state index >= 15 is 0 Å². The molecule has 8 nitrogen and oxygen atoms in total. The van der Waals surface area contributed by atoms with Crippen molar-refractivity contribution in [3.8, 4) is 0 Å². The van der Waals surface area contributed by atoms with Crippen LogP contribution in [0.5, 0.6) is 0 Å². The zero-order valence-corrected chi connectivity index (χ0v) is 10.3. The smallest absolute Gasteiger partial charge is 0.322 e. The van der Waals surface area contributed by atoms with E-state index in [1.165, 1.54) is 4.68 Å². The molecule has 0 aliphatic heterocycles. The van der Waals surface area contributed by atoms with E-state index < -0.39 is 16.9 Å². The average Bonchev–Trinajstić information content (AvgIpc) is 2.66. The van der Waals surface area contributed by atoms with E-state index in [0.29, 0.717) is 24.2 Å². The Labute approximate surface area is 104 Å². The van der Waals surface area contributed by atoms with Gasteiger partial charge in [-0.1, -0.05) is 13.8 Å². The van der Waals surface area contributed by atoms with Crippen molar-refractivity contribution < 1.29 is 14.8 Å². The van der Waals surface area contributed by atoms with E-state index in [9.17, 15) is 14.9 Å². The molecule has 0 aliphatic rings. The Kier molecular flexibility index (Phi) is 4.38. The van der Waals surface area contributed by atoms with Crippen molar-refractivity contribution in [3.63, 3.8) is 0 Å². The van der Waals surface area contributed by atoms with Crippen LogP contribution in [-0.2, 0) is 24.2 Å². The quantitative estimate of drug-likeness (QED) is 0.558. The van der Waals surface area contributed by atoms with Crippen LogP contribution in [0.25, 0.3) is 0 Å². The maximum absolute atomic E-state index is 11.0. The summed E-state index contributed by atoms with van der Waals surface area (Å²) in [6, 6.07) is -1.13. The Balaban J connectivity index is 3.20. The molecule has 0 aromatic carbocycles. The minimum atomic E-state index is -1.16. The maximum Gasteiger partial charge on any atom is 0.322 e. The summed E-state index contributed by atoms with van der Waals surface area (Å²) in [5.74, 6) is -1.16. The molecular weight excluding hydrogens is 240 g/mol. The summed E-state index contributed by atoms with van der Waals surface area (Å²) in [6.07, 6.45) is 0.814. The number of aryl methyl sites for hydroxylation is 1. The van der Waals surface area contributed by atoms with Crippen LogP contribution in [0.3, 0.4) is 0 Å². The lowest BCUT2D eigenvalue weighted by Gasteiger charge is -2.08. The fraction of sp³-hybridized carbons (Fsp3) is 0.600. The Bertz CT molecular complexity index is 469. The summed E-state index contributed by atoms with van der Waals surface area (Å²) in [5, 5.41) is 23.8. The molecule has 1 aromatic heterocycles. The Morgan fingerprint density at radius 1 is 1.56 bits per heavy atom. The van der Waals surface area contributed by atoms with E-state index in [4.69, 9.17) is 10.8 Å². The van der Waals surface area contributed by atoms with Crippen molar-refractivity contribution in [2.45, 2.75) is 39.3 Å². The molecule has 1 atom stereocenters. The molecule has 0 saturated carbocycles. The molecule has 0 radical (unpaired) electrons. The number of nitrogens with zero attached hydrogens (tertiary/aromatic N) is 3. The second-order valence-electron chi connectivity index (χ2n) is 3.83. The van der Waals surface area contributed by atoms with Gasteiger partial charge >= 0.3 is 11.7 Å². The molecule has 3 N–H and O–H groups in total. The summed E-state index contributed by atoms with van der Waals surface area (Å²) in [6.45, 7) is 3.45. The summed E-state index contributed by atoms with van der Waals surface area (Å²) in [7, 11) is 0. The predicted molar refractivity (Wildman–Crippen MR) is 63.2 cm³/mol. The number of carboxylic acid groups (broad SMARTS) is 1. The van der Waals surface area contributed by atoms with Crippen LogP contribution in [0.2, 0.25) is 0 Å². The number of nitro groups is 1. The molecule has 1 heterocycles. The standard InChI is InChI=1S/C10H16N4O4/c1-3-7-9(14(17)18)8(4-2)13(12-7)5-6(11)10(15)16/h6H,3-5,11H2,1-2H3,(H,15,16). The monoisotopic (exact) mass is 256 g/mol. The highest BCUT2D eigenvalue weighted by Crippen LogP contribution is 2.24. The summed E-state index contributed by atoms with van der Waals surface area (Å²) >= 11 is 0. The van der Waals surface area contributed by atoms with Gasteiger partial charge in [0, 0.05) is 0 Å². The van der Waals surface area contributed by atoms with Crippen LogP contribution >= 0.6 is 0 Å². The van der Waals surface area contributed by atoms with Gasteiger partial charge in [0.2, 0.25) is 0 Å². The molecule has 0 saturated heterocycles. The molecule has 100 valence electrons. The van der Waals surface area contributed by atoms with Gasteiger partial charge in [-0.2, -0.15) is 5.10 Å². The highest BCUT2D eigenvalue weighted by Gasteiger charge is 2.26. The number of nitrogens with two attached hydrogens (primary N) is 1. The second-order valence-corrected chi connectivity index (χ2v) is 3.83. The zero-order valence-electron chi connectivity index (χ0n) is 10.3. The largest absolute Gasteiger partial charge is 0.480 e. The Morgan fingerprint density at radius 3 is 2.56 bits per heavy atom. The van der Waals surface area contributed by atoms with Crippen molar-refractivity contribution >= 4 is 11.7 Å². The molecule has 0 fully saturated rings. The fourth-order valence-corrected chi connectivity index (χ4v) is 1.76. The summed E-state index contributed by atoms with van der Waals surface area (Å²) in [5.41, 5.74) is 6.16. The van der Waals surface area contributed by atoms with Crippen LogP contribution in [0.4, 0.5) is 5.69 Å². The Morgan fingerprint density at radius 2 is 2.17 bits per heavy atom. The van der Waals surface area contributed by atoms with Gasteiger partial charge in [0.25, 0.3) is 0 Å². The van der Waals surface area contributed by atoms with Crippen LogP contribution in [0, 0.1) is 10.1 Å². The van der Waals surface area contributed by atoms with Crippen LogP contribution in [0.15, 0.2) is 0 Å². The molecule has 0 aliphatic carbocycles. The van der Waals surface area contributed by atoms with Gasteiger partial charge in [0.1, 0.15) is 17.4 Å². The minimum absolute atomic E-state index is 0.0300. The van der Waals surface area contributed by atoms with E-state index in [1.807, 2.05) is 0 Å². The van der Waals surface area contributed by atoms with E-state index in [2.05, 4.69) is 5.10 Å². The lowest BCUT2D eigenvalue weighted by Crippen LogP contribution is -2.35. The lowest BCUT2D eigenvalue weighted by molar-refractivity contribution is -0.386. The number of rotatable bonds is 6. The lowest BCUT2D eigenvalue weighted by atomic mass is 10.2. The summed E-state index contributed by atoms with van der Waals surface area (Å²) in [4.78, 5) is 21.2. The molecule has 1 aromatic rings. The predicted octanol–water partition coefficient (Wildman–Crippen LogP) is 0.328. The van der Waals surface area contributed by atoms with Gasteiger partial charge in [-0.05, 0) is 12.8 Å². The van der Waals surface area contributed by atoms with E-state index in [0.717, 1.165) is 0 Å². The van der Waals surface area contributed by atoms with Gasteiger partial charge in [-0.25, -0.2) is 0 Å². The number of carboxylic acids is 1. The SMILES string of the molecule is CCc1nn(CC(N)C(=O)O)c(CC)c1[N+](=O)[O-]. The van der Waals surface area contributed by atoms with Crippen LogP contribution in [-0.4, -0.2) is 31.8 Å². The van der Waals surface area contributed by atoms with E-state index in [-0.39, 0.29) is 12.2 Å². The van der Waals surface area contributed by atoms with Crippen LogP contribution < -0.4 is 5.73 Å². The van der Waals surface area contributed by atoms with Crippen molar-refractivity contribution in [2.24, 2.45) is 5.73 Å². The molecule has 0 spiro atoms. The number of hydrogen-bond acceptors (Lipinski definition) is 5. The van der Waals surface area contributed by atoms with Gasteiger partial charge in [-0.15, -0.1) is 0 Å². The third-order valence-electron chi connectivity index (χ3n) is 2.64. The first-order chi connectivity index (χ1) is 8.42. The molecule has 0 bridgehead atoms. The zero-order chi connectivity index (χ0) is 13.9. The number of aromatic nitrogens is 2. The van der Waals surface area contributed by atoms with Crippen molar-refractivity contribution in [1.82, 2.24) is 9.78 Å². The Hall–Kier alpha value is -1.96. The normalized spacial score (nSPS) is 12.4. The van der Waals surface area contributed by atoms with Crippen molar-refractivity contribution in [2.75, 3.05) is 0 Å². The van der Waals surface area contributed by atoms with E-state index in [1.54, 1.807) is 13.8 Å². The van der Waals surface area contributed by atoms with Crippen molar-refractivity contribution in [3.05, 3.63) is 21.5 Å². The number of carbonyl (C=O) groups is 1. The summed E-state index contributed by atoms with van der Waals surface area (Å²) < 4.78 is 1.33. The van der Waals surface area contributed by atoms with Gasteiger partial charge in [-0.3, -0.25) is 19.6 Å². The number of hydrogen-bond donors (Lipinski definition) is 2. The van der Waals surface area contributed by atoms with Crippen LogP contribution in [0.1, 0.15) is 25.2 Å². The van der Waals surface area contributed by atoms with Gasteiger partial charge in [0.05, 0.1) is 11.5 Å².